The summed E-state index contributed by atoms with van der Waals surface area (Å²) in [4.78, 5) is 21.5. The molecule has 0 spiro atoms. The normalized spacial score (nSPS) is 22.6. The second-order valence-electron chi connectivity index (χ2n) is 2.63. The second-order valence-corrected chi connectivity index (χ2v) is 2.63. The first-order valence-corrected chi connectivity index (χ1v) is 3.62. The number of carbonyl (C=O) groups is 2. The van der Waals surface area contributed by atoms with Gasteiger partial charge < -0.3 is 9.47 Å². The molecule has 0 aromatic rings. The van der Waals surface area contributed by atoms with E-state index in [1.807, 2.05) is 0 Å². The van der Waals surface area contributed by atoms with Crippen molar-refractivity contribution in [3.63, 3.8) is 0 Å². The van der Waals surface area contributed by atoms with Crippen LogP contribution in [0.2, 0.25) is 0 Å². The Labute approximate surface area is 70.1 Å². The summed E-state index contributed by atoms with van der Waals surface area (Å²) in [7, 11) is 0. The van der Waals surface area contributed by atoms with Gasteiger partial charge in [-0.1, -0.05) is 0 Å². The van der Waals surface area contributed by atoms with Crippen molar-refractivity contribution in [2.45, 2.75) is 26.9 Å². The number of esters is 2. The molecule has 0 radical (unpaired) electrons. The Balaban J connectivity index is 2.85. The van der Waals surface area contributed by atoms with E-state index in [2.05, 4.69) is 0 Å². The lowest BCUT2D eigenvalue weighted by atomic mass is 10.2. The van der Waals surface area contributed by atoms with Crippen LogP contribution >= 0.6 is 0 Å². The molecule has 4 nitrogen and oxygen atoms in total. The highest BCUT2D eigenvalue weighted by Crippen LogP contribution is 2.22. The van der Waals surface area contributed by atoms with Gasteiger partial charge in [-0.05, 0) is 13.8 Å². The summed E-state index contributed by atoms with van der Waals surface area (Å²) in [5.74, 6) is -0.527. The lowest BCUT2D eigenvalue weighted by Crippen LogP contribution is -2.10. The number of ether oxygens (including phenoxy) is 2. The average Bonchev–Trinajstić information content (AvgIpc) is 2.16. The smallest absolute Gasteiger partial charge is 0.338 e. The fourth-order valence-electron chi connectivity index (χ4n) is 1.02. The summed E-state index contributed by atoms with van der Waals surface area (Å²) in [6, 6.07) is 0. The highest BCUT2D eigenvalue weighted by molar-refractivity contribution is 5.91. The molecule has 1 atom stereocenters. The van der Waals surface area contributed by atoms with Gasteiger partial charge in [-0.2, -0.15) is 0 Å². The zero-order valence-corrected chi connectivity index (χ0v) is 7.21. The Morgan fingerprint density at radius 3 is 2.50 bits per heavy atom. The standard InChI is InChI=1S/C8H10O4/c1-4-7(12-6(3)9)5(2)11-8(4)10/h5H,1-3H3. The van der Waals surface area contributed by atoms with Crippen LogP contribution in [0.4, 0.5) is 0 Å². The van der Waals surface area contributed by atoms with Gasteiger partial charge >= 0.3 is 11.9 Å². The zero-order valence-electron chi connectivity index (χ0n) is 7.21. The molecule has 0 bridgehead atoms. The van der Waals surface area contributed by atoms with Gasteiger partial charge in [0.1, 0.15) is 0 Å². The topological polar surface area (TPSA) is 52.6 Å². The largest absolute Gasteiger partial charge is 0.451 e. The predicted molar refractivity (Wildman–Crippen MR) is 40.0 cm³/mol. The summed E-state index contributed by atoms with van der Waals surface area (Å²) < 4.78 is 9.60. The third-order valence-electron chi connectivity index (χ3n) is 1.58. The highest BCUT2D eigenvalue weighted by atomic mass is 16.6. The van der Waals surface area contributed by atoms with E-state index in [-0.39, 0.29) is 0 Å². The van der Waals surface area contributed by atoms with Crippen LogP contribution in [0.15, 0.2) is 11.3 Å². The molecule has 0 aliphatic carbocycles. The molecule has 0 fully saturated rings. The van der Waals surface area contributed by atoms with Crippen molar-refractivity contribution in [3.05, 3.63) is 11.3 Å². The van der Waals surface area contributed by atoms with E-state index in [9.17, 15) is 9.59 Å². The molecule has 0 N–H and O–H groups in total. The Morgan fingerprint density at radius 1 is 1.58 bits per heavy atom. The Morgan fingerprint density at radius 2 is 2.17 bits per heavy atom. The summed E-state index contributed by atoms with van der Waals surface area (Å²) >= 11 is 0. The molecule has 1 rings (SSSR count). The number of cyclic esters (lactones) is 1. The monoisotopic (exact) mass is 170 g/mol. The van der Waals surface area contributed by atoms with Crippen molar-refractivity contribution in [2.75, 3.05) is 0 Å². The first-order chi connectivity index (χ1) is 5.52. The summed E-state index contributed by atoms with van der Waals surface area (Å²) in [5, 5.41) is 0. The quantitative estimate of drug-likeness (QED) is 0.545. The molecule has 1 aliphatic rings. The Hall–Kier alpha value is -1.32. The van der Waals surface area contributed by atoms with E-state index < -0.39 is 18.0 Å². The third kappa shape index (κ3) is 1.47. The average molecular weight is 170 g/mol. The van der Waals surface area contributed by atoms with Gasteiger partial charge in [0.25, 0.3) is 0 Å². The van der Waals surface area contributed by atoms with Crippen LogP contribution in [0, 0.1) is 0 Å². The van der Waals surface area contributed by atoms with Crippen LogP contribution in [0.5, 0.6) is 0 Å². The molecule has 1 unspecified atom stereocenters. The first-order valence-electron chi connectivity index (χ1n) is 3.62. The first kappa shape index (κ1) is 8.77. The third-order valence-corrected chi connectivity index (χ3v) is 1.58. The van der Waals surface area contributed by atoms with Crippen molar-refractivity contribution in [1.82, 2.24) is 0 Å². The van der Waals surface area contributed by atoms with Gasteiger partial charge in [-0.25, -0.2) is 4.79 Å². The van der Waals surface area contributed by atoms with Crippen molar-refractivity contribution >= 4 is 11.9 Å². The van der Waals surface area contributed by atoms with E-state index in [0.717, 1.165) is 0 Å². The van der Waals surface area contributed by atoms with Crippen LogP contribution in [0.1, 0.15) is 20.8 Å². The van der Waals surface area contributed by atoms with Crippen LogP contribution in [0.3, 0.4) is 0 Å². The van der Waals surface area contributed by atoms with Crippen molar-refractivity contribution in [3.8, 4) is 0 Å². The molecule has 1 heterocycles. The van der Waals surface area contributed by atoms with Gasteiger partial charge in [-0.15, -0.1) is 0 Å². The van der Waals surface area contributed by atoms with Crippen molar-refractivity contribution in [2.24, 2.45) is 0 Å². The molecule has 0 saturated heterocycles. The molecule has 1 aliphatic heterocycles. The van der Waals surface area contributed by atoms with Crippen LogP contribution in [-0.4, -0.2) is 18.0 Å². The molecule has 0 aromatic heterocycles. The lowest BCUT2D eigenvalue weighted by molar-refractivity contribution is -0.143. The molecule has 4 heteroatoms. The second kappa shape index (κ2) is 2.97. The molecule has 66 valence electrons. The molecular formula is C8H10O4. The number of hydrogen-bond donors (Lipinski definition) is 0. The Kier molecular flexibility index (Phi) is 2.17. The molecular weight excluding hydrogens is 160 g/mol. The minimum Gasteiger partial charge on any atom is -0.451 e. The maximum absolute atomic E-state index is 10.9. The van der Waals surface area contributed by atoms with E-state index in [0.29, 0.717) is 11.3 Å². The molecule has 0 saturated carbocycles. The van der Waals surface area contributed by atoms with E-state index in [1.54, 1.807) is 13.8 Å². The fourth-order valence-corrected chi connectivity index (χ4v) is 1.02. The molecule has 0 aromatic carbocycles. The minimum absolute atomic E-state index is 0.326. The minimum atomic E-state index is -0.443. The van der Waals surface area contributed by atoms with E-state index in [4.69, 9.17) is 9.47 Å². The van der Waals surface area contributed by atoms with Crippen molar-refractivity contribution in [1.29, 1.82) is 0 Å². The summed E-state index contributed by atoms with van der Waals surface area (Å²) in [6.45, 7) is 4.52. The molecule has 0 amide bonds. The number of hydrogen-bond acceptors (Lipinski definition) is 4. The van der Waals surface area contributed by atoms with Gasteiger partial charge in [0.05, 0.1) is 5.57 Å². The predicted octanol–water partition coefficient (Wildman–Crippen LogP) is 0.769. The summed E-state index contributed by atoms with van der Waals surface area (Å²) in [6.07, 6.45) is -0.443. The van der Waals surface area contributed by atoms with Crippen LogP contribution in [-0.2, 0) is 19.1 Å². The van der Waals surface area contributed by atoms with Crippen LogP contribution < -0.4 is 0 Å². The number of carbonyl (C=O) groups excluding carboxylic acids is 2. The van der Waals surface area contributed by atoms with Crippen molar-refractivity contribution < 1.29 is 19.1 Å². The van der Waals surface area contributed by atoms with Crippen LogP contribution in [0.25, 0.3) is 0 Å². The summed E-state index contributed by atoms with van der Waals surface area (Å²) in [5.41, 5.74) is 0.373. The SMILES string of the molecule is CC(=O)OC1=C(C)C(=O)OC1C. The zero-order chi connectivity index (χ0) is 9.30. The van der Waals surface area contributed by atoms with E-state index >= 15 is 0 Å². The van der Waals surface area contributed by atoms with E-state index in [1.165, 1.54) is 6.92 Å². The molecule has 12 heavy (non-hydrogen) atoms. The maximum Gasteiger partial charge on any atom is 0.338 e. The van der Waals surface area contributed by atoms with Gasteiger partial charge in [0, 0.05) is 6.92 Å². The van der Waals surface area contributed by atoms with Gasteiger partial charge in [-0.3, -0.25) is 4.79 Å². The van der Waals surface area contributed by atoms with Gasteiger partial charge in [0.15, 0.2) is 11.9 Å². The number of rotatable bonds is 1. The highest BCUT2D eigenvalue weighted by Gasteiger charge is 2.30. The Bertz CT molecular complexity index is 264. The fraction of sp³-hybridized carbons (Fsp3) is 0.500. The van der Waals surface area contributed by atoms with Gasteiger partial charge in [0.2, 0.25) is 0 Å². The maximum atomic E-state index is 10.9. The lowest BCUT2D eigenvalue weighted by Gasteiger charge is -2.06.